The lowest BCUT2D eigenvalue weighted by Gasteiger charge is -2.11. The SMILES string of the molecule is c1ccc(-c2ccc3cc(-c4ccc(-c5cccc(-c6nc(-c7ccccc7)nc(-c7ccccc7)n6)c5)cc4)c4c5ccccc5oc4c3c2)cc1. The number of aromatic nitrogens is 3. The van der Waals surface area contributed by atoms with Crippen molar-refractivity contribution in [3.63, 3.8) is 0 Å². The monoisotopic (exact) mass is 677 g/mol. The summed E-state index contributed by atoms with van der Waals surface area (Å²) in [6, 6.07) is 65.2. The first kappa shape index (κ1) is 30.6. The molecule has 0 saturated carbocycles. The Bertz CT molecular complexity index is 2860. The van der Waals surface area contributed by atoms with Crippen molar-refractivity contribution >= 4 is 32.7 Å². The molecule has 0 bridgehead atoms. The third-order valence-electron chi connectivity index (χ3n) is 9.92. The second-order valence-corrected chi connectivity index (χ2v) is 13.2. The van der Waals surface area contributed by atoms with Crippen molar-refractivity contribution < 1.29 is 4.42 Å². The molecule has 8 aromatic carbocycles. The Morgan fingerprint density at radius 3 is 1.49 bits per heavy atom. The van der Waals surface area contributed by atoms with Crippen LogP contribution in [-0.4, -0.2) is 15.0 Å². The van der Waals surface area contributed by atoms with E-state index in [0.717, 1.165) is 71.7 Å². The smallest absolute Gasteiger partial charge is 0.164 e. The fourth-order valence-electron chi connectivity index (χ4n) is 7.26. The van der Waals surface area contributed by atoms with Crippen LogP contribution in [-0.2, 0) is 0 Å². The summed E-state index contributed by atoms with van der Waals surface area (Å²) in [5.41, 5.74) is 11.5. The van der Waals surface area contributed by atoms with Crippen molar-refractivity contribution in [3.8, 4) is 67.5 Å². The van der Waals surface area contributed by atoms with Crippen molar-refractivity contribution in [1.82, 2.24) is 15.0 Å². The highest BCUT2D eigenvalue weighted by atomic mass is 16.3. The topological polar surface area (TPSA) is 51.8 Å². The van der Waals surface area contributed by atoms with Gasteiger partial charge in [-0.2, -0.15) is 0 Å². The normalized spacial score (nSPS) is 11.4. The third kappa shape index (κ3) is 5.63. The quantitative estimate of drug-likeness (QED) is 0.176. The highest BCUT2D eigenvalue weighted by molar-refractivity contribution is 6.21. The van der Waals surface area contributed by atoms with Gasteiger partial charge in [-0.15, -0.1) is 0 Å². The molecule has 0 unspecified atom stereocenters. The first-order valence-electron chi connectivity index (χ1n) is 17.8. The minimum Gasteiger partial charge on any atom is -0.455 e. The molecule has 10 aromatic rings. The Kier molecular flexibility index (Phi) is 7.43. The summed E-state index contributed by atoms with van der Waals surface area (Å²) < 4.78 is 6.62. The number of para-hydroxylation sites is 1. The molecule has 248 valence electrons. The van der Waals surface area contributed by atoms with Gasteiger partial charge in [-0.05, 0) is 63.0 Å². The van der Waals surface area contributed by atoms with E-state index >= 15 is 0 Å². The predicted octanol–water partition coefficient (Wildman–Crippen LogP) is 12.9. The maximum Gasteiger partial charge on any atom is 0.164 e. The summed E-state index contributed by atoms with van der Waals surface area (Å²) in [7, 11) is 0. The number of fused-ring (bicyclic) bond motifs is 5. The van der Waals surface area contributed by atoms with Gasteiger partial charge in [0.05, 0.1) is 0 Å². The fraction of sp³-hybridized carbons (Fsp3) is 0. The maximum atomic E-state index is 6.62. The predicted molar refractivity (Wildman–Crippen MR) is 217 cm³/mol. The molecule has 0 amide bonds. The molecule has 0 radical (unpaired) electrons. The summed E-state index contributed by atoms with van der Waals surface area (Å²) >= 11 is 0. The van der Waals surface area contributed by atoms with Crippen molar-refractivity contribution in [3.05, 3.63) is 188 Å². The summed E-state index contributed by atoms with van der Waals surface area (Å²) in [6.07, 6.45) is 0. The number of rotatable bonds is 6. The second-order valence-electron chi connectivity index (χ2n) is 13.2. The van der Waals surface area contributed by atoms with Crippen LogP contribution in [0.25, 0.3) is 100 Å². The van der Waals surface area contributed by atoms with E-state index in [1.54, 1.807) is 0 Å². The van der Waals surface area contributed by atoms with Gasteiger partial charge in [0.2, 0.25) is 0 Å². The van der Waals surface area contributed by atoms with E-state index in [0.29, 0.717) is 17.5 Å². The Morgan fingerprint density at radius 2 is 0.811 bits per heavy atom. The first-order chi connectivity index (χ1) is 26.2. The second kappa shape index (κ2) is 12.9. The Balaban J connectivity index is 1.06. The van der Waals surface area contributed by atoms with Gasteiger partial charge < -0.3 is 4.42 Å². The fourth-order valence-corrected chi connectivity index (χ4v) is 7.26. The molecule has 4 nitrogen and oxygen atoms in total. The molecular formula is C49H31N3O. The number of benzene rings is 8. The zero-order valence-corrected chi connectivity index (χ0v) is 28.6. The third-order valence-corrected chi connectivity index (χ3v) is 9.92. The van der Waals surface area contributed by atoms with Crippen LogP contribution in [0, 0.1) is 0 Å². The molecule has 0 saturated heterocycles. The van der Waals surface area contributed by atoms with Crippen LogP contribution >= 0.6 is 0 Å². The van der Waals surface area contributed by atoms with Crippen molar-refractivity contribution in [2.75, 3.05) is 0 Å². The average molecular weight is 678 g/mol. The van der Waals surface area contributed by atoms with Crippen molar-refractivity contribution in [2.24, 2.45) is 0 Å². The van der Waals surface area contributed by atoms with E-state index in [2.05, 4.69) is 121 Å². The van der Waals surface area contributed by atoms with Crippen LogP contribution in [0.5, 0.6) is 0 Å². The minimum absolute atomic E-state index is 0.636. The molecule has 2 heterocycles. The van der Waals surface area contributed by atoms with Gasteiger partial charge in [-0.1, -0.05) is 164 Å². The van der Waals surface area contributed by atoms with Crippen LogP contribution in [0.2, 0.25) is 0 Å². The summed E-state index contributed by atoms with van der Waals surface area (Å²) in [6.45, 7) is 0. The van der Waals surface area contributed by atoms with Gasteiger partial charge in [0.25, 0.3) is 0 Å². The molecular weight excluding hydrogens is 647 g/mol. The van der Waals surface area contributed by atoms with Crippen molar-refractivity contribution in [2.45, 2.75) is 0 Å². The molecule has 0 aliphatic heterocycles. The van der Waals surface area contributed by atoms with Gasteiger partial charge in [0.15, 0.2) is 17.5 Å². The van der Waals surface area contributed by atoms with E-state index in [1.165, 1.54) is 11.1 Å². The van der Waals surface area contributed by atoms with E-state index in [9.17, 15) is 0 Å². The highest BCUT2D eigenvalue weighted by Crippen LogP contribution is 2.42. The van der Waals surface area contributed by atoms with Crippen LogP contribution in [0.1, 0.15) is 0 Å². The molecule has 4 heteroatoms. The molecule has 0 fully saturated rings. The zero-order valence-electron chi connectivity index (χ0n) is 28.6. The average Bonchev–Trinajstić information content (AvgIpc) is 3.64. The lowest BCUT2D eigenvalue weighted by atomic mass is 9.92. The molecule has 53 heavy (non-hydrogen) atoms. The molecule has 0 spiro atoms. The largest absolute Gasteiger partial charge is 0.455 e. The van der Waals surface area contributed by atoms with Gasteiger partial charge >= 0.3 is 0 Å². The van der Waals surface area contributed by atoms with Gasteiger partial charge in [0.1, 0.15) is 11.2 Å². The van der Waals surface area contributed by atoms with E-state index < -0.39 is 0 Å². The number of hydrogen-bond acceptors (Lipinski definition) is 4. The summed E-state index contributed by atoms with van der Waals surface area (Å²) in [4.78, 5) is 14.8. The van der Waals surface area contributed by atoms with E-state index in [4.69, 9.17) is 19.4 Å². The zero-order chi connectivity index (χ0) is 35.1. The van der Waals surface area contributed by atoms with Gasteiger partial charge in [-0.3, -0.25) is 0 Å². The standard InChI is InChI=1S/C49H31N3O/c1-4-13-32(14-5-1)38-27-28-39-31-42(45-41-21-10-11-22-44(41)53-46(45)43(39)30-38)34-25-23-33(24-26-34)37-19-12-20-40(29-37)49-51-47(35-15-6-2-7-16-35)50-48(52-49)36-17-8-3-9-18-36/h1-31H. The van der Waals surface area contributed by atoms with Crippen LogP contribution in [0.3, 0.4) is 0 Å². The molecule has 0 aliphatic carbocycles. The lowest BCUT2D eigenvalue weighted by Crippen LogP contribution is -2.00. The number of furan rings is 1. The van der Waals surface area contributed by atoms with E-state index in [1.807, 2.05) is 66.7 Å². The van der Waals surface area contributed by atoms with Crippen LogP contribution < -0.4 is 0 Å². The molecule has 0 aliphatic rings. The van der Waals surface area contributed by atoms with Gasteiger partial charge in [0, 0.05) is 32.8 Å². The molecule has 0 atom stereocenters. The maximum absolute atomic E-state index is 6.62. The van der Waals surface area contributed by atoms with Gasteiger partial charge in [-0.25, -0.2) is 15.0 Å². The number of nitrogens with zero attached hydrogens (tertiary/aromatic N) is 3. The summed E-state index contributed by atoms with van der Waals surface area (Å²) in [5.74, 6) is 1.93. The Morgan fingerprint density at radius 1 is 0.321 bits per heavy atom. The van der Waals surface area contributed by atoms with Crippen LogP contribution in [0.4, 0.5) is 0 Å². The number of hydrogen-bond donors (Lipinski definition) is 0. The highest BCUT2D eigenvalue weighted by Gasteiger charge is 2.18. The van der Waals surface area contributed by atoms with Crippen LogP contribution in [0.15, 0.2) is 192 Å². The molecule has 2 aromatic heterocycles. The first-order valence-corrected chi connectivity index (χ1v) is 17.8. The Hall–Kier alpha value is -7.17. The lowest BCUT2D eigenvalue weighted by molar-refractivity contribution is 0.673. The minimum atomic E-state index is 0.636. The van der Waals surface area contributed by atoms with Crippen molar-refractivity contribution in [1.29, 1.82) is 0 Å². The van der Waals surface area contributed by atoms with E-state index in [-0.39, 0.29) is 0 Å². The summed E-state index contributed by atoms with van der Waals surface area (Å²) in [5, 5.41) is 4.50. The Labute approximate surface area is 306 Å². The molecule has 10 rings (SSSR count). The molecule has 0 N–H and O–H groups in total.